The number of aromatic nitrogens is 3. The molecule has 0 aliphatic heterocycles. The summed E-state index contributed by atoms with van der Waals surface area (Å²) in [5.74, 6) is -1.03. The van der Waals surface area contributed by atoms with E-state index in [1.54, 1.807) is 4.68 Å². The van der Waals surface area contributed by atoms with Crippen LogP contribution in [0.5, 0.6) is 0 Å². The van der Waals surface area contributed by atoms with Gasteiger partial charge in [0.15, 0.2) is 5.69 Å². The van der Waals surface area contributed by atoms with Crippen molar-refractivity contribution < 1.29 is 9.90 Å². The van der Waals surface area contributed by atoms with Crippen LogP contribution in [0.3, 0.4) is 0 Å². The predicted octanol–water partition coefficient (Wildman–Crippen LogP) is 2.53. The summed E-state index contributed by atoms with van der Waals surface area (Å²) >= 11 is 0. The van der Waals surface area contributed by atoms with E-state index in [0.717, 1.165) is 23.2 Å². The van der Waals surface area contributed by atoms with Gasteiger partial charge in [0, 0.05) is 0 Å². The summed E-state index contributed by atoms with van der Waals surface area (Å²) in [6, 6.07) is 5.89. The molecule has 2 rings (SSSR count). The highest BCUT2D eigenvalue weighted by atomic mass is 16.4. The number of benzene rings is 1. The Labute approximate surface area is 111 Å². The van der Waals surface area contributed by atoms with Crippen molar-refractivity contribution in [2.24, 2.45) is 0 Å². The van der Waals surface area contributed by atoms with Gasteiger partial charge >= 0.3 is 5.97 Å². The minimum Gasteiger partial charge on any atom is -0.476 e. The minimum atomic E-state index is -1.03. The minimum absolute atomic E-state index is 0.0442. The van der Waals surface area contributed by atoms with E-state index in [2.05, 4.69) is 10.3 Å². The normalized spacial score (nSPS) is 10.7. The van der Waals surface area contributed by atoms with Crippen molar-refractivity contribution in [1.29, 1.82) is 0 Å². The van der Waals surface area contributed by atoms with E-state index < -0.39 is 5.97 Å². The molecule has 0 radical (unpaired) electrons. The first-order valence-corrected chi connectivity index (χ1v) is 6.30. The molecule has 1 N–H and O–H groups in total. The number of hydrogen-bond donors (Lipinski definition) is 1. The Balaban J connectivity index is 2.62. The summed E-state index contributed by atoms with van der Waals surface area (Å²) in [5, 5.41) is 17.0. The Bertz CT molecular complexity index is 617. The van der Waals surface area contributed by atoms with E-state index in [1.165, 1.54) is 0 Å². The van der Waals surface area contributed by atoms with E-state index >= 15 is 0 Å². The average molecular weight is 259 g/mol. The number of nitrogens with zero attached hydrogens (tertiary/aromatic N) is 3. The molecule has 1 aromatic heterocycles. The molecule has 0 amide bonds. The fraction of sp³-hybridized carbons (Fsp3) is 0.357. The summed E-state index contributed by atoms with van der Waals surface area (Å²) < 4.78 is 1.65. The molecular formula is C14H17N3O2. The summed E-state index contributed by atoms with van der Waals surface area (Å²) in [5.41, 5.74) is 3.82. The molecule has 0 aliphatic carbocycles. The maximum absolute atomic E-state index is 11.2. The van der Waals surface area contributed by atoms with Gasteiger partial charge in [-0.1, -0.05) is 30.7 Å². The number of rotatable bonds is 4. The summed E-state index contributed by atoms with van der Waals surface area (Å²) in [7, 11) is 0. The first-order chi connectivity index (χ1) is 9.06. The monoisotopic (exact) mass is 259 g/mol. The quantitative estimate of drug-likeness (QED) is 0.916. The summed E-state index contributed by atoms with van der Waals surface area (Å²) in [4.78, 5) is 11.2. The van der Waals surface area contributed by atoms with Crippen LogP contribution in [0, 0.1) is 13.8 Å². The first-order valence-electron chi connectivity index (χ1n) is 6.30. The second kappa shape index (κ2) is 5.22. The highest BCUT2D eigenvalue weighted by molar-refractivity contribution is 5.86. The Kier molecular flexibility index (Phi) is 3.64. The predicted molar refractivity (Wildman–Crippen MR) is 71.8 cm³/mol. The SMILES string of the molecule is CCCc1c(C(=O)O)nnn1-c1cccc(C)c1C. The van der Waals surface area contributed by atoms with E-state index in [9.17, 15) is 4.79 Å². The highest BCUT2D eigenvalue weighted by Gasteiger charge is 2.20. The molecule has 19 heavy (non-hydrogen) atoms. The molecule has 1 heterocycles. The number of carboxylic acid groups (broad SMARTS) is 1. The molecule has 0 spiro atoms. The third-order valence-electron chi connectivity index (χ3n) is 3.26. The van der Waals surface area contributed by atoms with Crippen LogP contribution >= 0.6 is 0 Å². The van der Waals surface area contributed by atoms with Crippen LogP contribution in [0.1, 0.15) is 40.7 Å². The molecule has 100 valence electrons. The van der Waals surface area contributed by atoms with Gasteiger partial charge in [0.2, 0.25) is 0 Å². The second-order valence-electron chi connectivity index (χ2n) is 4.57. The zero-order chi connectivity index (χ0) is 14.0. The van der Waals surface area contributed by atoms with Crippen LogP contribution in [0.4, 0.5) is 0 Å². The Morgan fingerprint density at radius 1 is 1.37 bits per heavy atom. The lowest BCUT2D eigenvalue weighted by Crippen LogP contribution is -2.08. The van der Waals surface area contributed by atoms with Crippen molar-refractivity contribution in [3.8, 4) is 5.69 Å². The molecule has 1 aromatic carbocycles. The molecule has 0 atom stereocenters. The van der Waals surface area contributed by atoms with Crippen LogP contribution in [0.15, 0.2) is 18.2 Å². The maximum atomic E-state index is 11.2. The van der Waals surface area contributed by atoms with Crippen molar-refractivity contribution in [1.82, 2.24) is 15.0 Å². The van der Waals surface area contributed by atoms with Crippen molar-refractivity contribution >= 4 is 5.97 Å². The number of aryl methyl sites for hydroxylation is 1. The number of carbonyl (C=O) groups is 1. The fourth-order valence-corrected chi connectivity index (χ4v) is 2.09. The van der Waals surface area contributed by atoms with Crippen molar-refractivity contribution in [3.63, 3.8) is 0 Å². The number of carboxylic acids is 1. The standard InChI is InChI=1S/C14H17N3O2/c1-4-6-12-13(14(18)19)15-16-17(12)11-8-5-7-9(2)10(11)3/h5,7-8H,4,6H2,1-3H3,(H,18,19). The Hall–Kier alpha value is -2.17. The lowest BCUT2D eigenvalue weighted by molar-refractivity contribution is 0.0689. The molecular weight excluding hydrogens is 242 g/mol. The molecule has 5 nitrogen and oxygen atoms in total. The second-order valence-corrected chi connectivity index (χ2v) is 4.57. The molecule has 0 saturated carbocycles. The molecule has 0 fully saturated rings. The van der Waals surface area contributed by atoms with Crippen molar-refractivity contribution in [3.05, 3.63) is 40.7 Å². The van der Waals surface area contributed by atoms with Gasteiger partial charge in [-0.2, -0.15) is 0 Å². The smallest absolute Gasteiger partial charge is 0.358 e. The third kappa shape index (κ3) is 2.36. The number of aromatic carboxylic acids is 1. The van der Waals surface area contributed by atoms with E-state index in [1.807, 2.05) is 39.0 Å². The zero-order valence-corrected chi connectivity index (χ0v) is 11.3. The van der Waals surface area contributed by atoms with E-state index in [4.69, 9.17) is 5.11 Å². The van der Waals surface area contributed by atoms with Gasteiger partial charge in [-0.3, -0.25) is 0 Å². The molecule has 5 heteroatoms. The molecule has 0 bridgehead atoms. The third-order valence-corrected chi connectivity index (χ3v) is 3.26. The molecule has 0 saturated heterocycles. The van der Waals surface area contributed by atoms with Crippen LogP contribution in [-0.2, 0) is 6.42 Å². The highest BCUT2D eigenvalue weighted by Crippen LogP contribution is 2.20. The Morgan fingerprint density at radius 3 is 2.74 bits per heavy atom. The van der Waals surface area contributed by atoms with Gasteiger partial charge in [0.1, 0.15) is 0 Å². The van der Waals surface area contributed by atoms with Crippen LogP contribution in [-0.4, -0.2) is 26.1 Å². The molecule has 0 unspecified atom stereocenters. The van der Waals surface area contributed by atoms with Gasteiger partial charge in [0.05, 0.1) is 11.4 Å². The average Bonchev–Trinajstić information content (AvgIpc) is 2.77. The van der Waals surface area contributed by atoms with Gasteiger partial charge in [-0.15, -0.1) is 5.10 Å². The van der Waals surface area contributed by atoms with E-state index in [0.29, 0.717) is 12.1 Å². The van der Waals surface area contributed by atoms with Gasteiger partial charge in [0.25, 0.3) is 0 Å². The summed E-state index contributed by atoms with van der Waals surface area (Å²) in [6.45, 7) is 6.03. The van der Waals surface area contributed by atoms with Crippen LogP contribution < -0.4 is 0 Å². The zero-order valence-electron chi connectivity index (χ0n) is 11.3. The maximum Gasteiger partial charge on any atom is 0.358 e. The lowest BCUT2D eigenvalue weighted by Gasteiger charge is -2.10. The van der Waals surface area contributed by atoms with Gasteiger partial charge in [-0.05, 0) is 37.5 Å². The van der Waals surface area contributed by atoms with Crippen molar-refractivity contribution in [2.75, 3.05) is 0 Å². The lowest BCUT2D eigenvalue weighted by atomic mass is 10.1. The van der Waals surface area contributed by atoms with Crippen molar-refractivity contribution in [2.45, 2.75) is 33.6 Å². The summed E-state index contributed by atoms with van der Waals surface area (Å²) in [6.07, 6.45) is 1.49. The van der Waals surface area contributed by atoms with Gasteiger partial charge in [-0.25, -0.2) is 9.48 Å². The number of hydrogen-bond acceptors (Lipinski definition) is 3. The van der Waals surface area contributed by atoms with E-state index in [-0.39, 0.29) is 5.69 Å². The van der Waals surface area contributed by atoms with Crippen LogP contribution in [0.25, 0.3) is 5.69 Å². The largest absolute Gasteiger partial charge is 0.476 e. The fourth-order valence-electron chi connectivity index (χ4n) is 2.09. The molecule has 2 aromatic rings. The first kappa shape index (κ1) is 13.3. The topological polar surface area (TPSA) is 68.0 Å². The molecule has 0 aliphatic rings. The van der Waals surface area contributed by atoms with Gasteiger partial charge < -0.3 is 5.11 Å². The van der Waals surface area contributed by atoms with Crippen LogP contribution in [0.2, 0.25) is 0 Å². The Morgan fingerprint density at radius 2 is 2.11 bits per heavy atom.